The maximum absolute atomic E-state index is 15.1. The second kappa shape index (κ2) is 21.0. The number of nitrogens with zero attached hydrogens (tertiary/aromatic N) is 5. The first-order chi connectivity index (χ1) is 31.1. The van der Waals surface area contributed by atoms with Gasteiger partial charge in [-0.1, -0.05) is 0 Å². The molecule has 8 rings (SSSR count). The summed E-state index contributed by atoms with van der Waals surface area (Å²) in [5.41, 5.74) is 1.56. The van der Waals surface area contributed by atoms with E-state index in [9.17, 15) is 52.3 Å². The lowest BCUT2D eigenvalue weighted by Gasteiger charge is -2.36. The number of fused-ring (bicyclic) bond motifs is 2. The minimum atomic E-state index is -0.947. The van der Waals surface area contributed by atoms with E-state index in [0.717, 1.165) is 57.4 Å². The van der Waals surface area contributed by atoms with Crippen LogP contribution in [0.5, 0.6) is 0 Å². The van der Waals surface area contributed by atoms with Gasteiger partial charge in [-0.15, -0.1) is 0 Å². The first-order valence-corrected chi connectivity index (χ1v) is 21.7. The minimum absolute atomic E-state index is 0.0347. The predicted octanol–water partition coefficient (Wildman–Crippen LogP) is 3.80. The normalized spacial score (nSPS) is 16.1. The Labute approximate surface area is 372 Å². The zero-order valence-corrected chi connectivity index (χ0v) is 36.6. The van der Waals surface area contributed by atoms with Crippen molar-refractivity contribution in [1.29, 1.82) is 0 Å². The highest BCUT2D eigenvalue weighted by Crippen LogP contribution is 2.39. The molecule has 0 bridgehead atoms. The summed E-state index contributed by atoms with van der Waals surface area (Å²) in [6.07, 6.45) is 8.91. The molecule has 65 heavy (non-hydrogen) atoms. The number of nitrogens with one attached hydrogen (secondary N) is 1. The van der Waals surface area contributed by atoms with Gasteiger partial charge in [0, 0.05) is 100 Å². The van der Waals surface area contributed by atoms with Crippen LogP contribution in [0, 0.1) is 23.5 Å². The van der Waals surface area contributed by atoms with E-state index in [2.05, 4.69) is 5.32 Å². The van der Waals surface area contributed by atoms with Gasteiger partial charge in [0.1, 0.15) is 42.6 Å². The van der Waals surface area contributed by atoms with Crippen LogP contribution >= 0.6 is 0 Å². The summed E-state index contributed by atoms with van der Waals surface area (Å²) in [5, 5.41) is 3.74. The zero-order valence-electron chi connectivity index (χ0n) is 36.6. The lowest BCUT2D eigenvalue weighted by atomic mass is 10.1. The number of carbonyl (C=O) groups excluding carboxylic acids is 8. The summed E-state index contributed by atoms with van der Waals surface area (Å²) in [6, 6.07) is 6.43. The maximum atomic E-state index is 15.1. The Kier molecular flexibility index (Phi) is 15.4. The molecular formula is C47H52F2N6O10. The second-order valence-electron chi connectivity index (χ2n) is 16.9. The standard InChI is InChI=1S/C23H24FN3O5.C18H20FN3O2.C6H8O3/c1-14(30)18-11-27(16-2-3-16)20-10-21(19(24)9-17(20)23(18)32)25-4-6-26(7-5-25)22(31)8-15(12-28)13-29;1-11(23)14-10-22(12-2-3-12)16-9-17(21-6-4-20-5-7-21)15(19)8-13(16)18(14)24;1-5(9)2-6(3-7)4-8/h9-13,15-16H,2-8H2,1H3;8-10,12,20H,2-7H2,1H3;3-4,6H,2H2,1H3. The van der Waals surface area contributed by atoms with E-state index in [4.69, 9.17) is 0 Å². The number of anilines is 2. The van der Waals surface area contributed by atoms with E-state index in [0.29, 0.717) is 79.6 Å². The van der Waals surface area contributed by atoms with Crippen molar-refractivity contribution in [2.45, 2.75) is 71.4 Å². The Balaban J connectivity index is 0.000000186. The van der Waals surface area contributed by atoms with Crippen LogP contribution in [0.3, 0.4) is 0 Å². The molecule has 344 valence electrons. The molecule has 2 aromatic heterocycles. The lowest BCUT2D eigenvalue weighted by Crippen LogP contribution is -2.49. The summed E-state index contributed by atoms with van der Waals surface area (Å²) in [6.45, 7) is 8.58. The largest absolute Gasteiger partial charge is 0.367 e. The molecule has 2 saturated carbocycles. The number of aromatic nitrogens is 2. The van der Waals surface area contributed by atoms with Crippen LogP contribution in [0.2, 0.25) is 0 Å². The fourth-order valence-electron chi connectivity index (χ4n) is 8.03. The molecule has 2 saturated heterocycles. The topological polar surface area (TPSA) is 202 Å². The summed E-state index contributed by atoms with van der Waals surface area (Å²) >= 11 is 0. The highest BCUT2D eigenvalue weighted by atomic mass is 19.1. The number of Topliss-reactive ketones (excluding diaryl/α,β-unsaturated/α-hetero) is 3. The Morgan fingerprint density at radius 2 is 1.02 bits per heavy atom. The van der Waals surface area contributed by atoms with Crippen molar-refractivity contribution < 1.29 is 47.1 Å². The average molecular weight is 899 g/mol. The molecule has 0 spiro atoms. The minimum Gasteiger partial charge on any atom is -0.367 e. The van der Waals surface area contributed by atoms with E-state index in [-0.39, 0.29) is 64.1 Å². The number of halogens is 2. The van der Waals surface area contributed by atoms with Gasteiger partial charge in [-0.3, -0.25) is 28.8 Å². The third-order valence-electron chi connectivity index (χ3n) is 11.9. The van der Waals surface area contributed by atoms with Gasteiger partial charge in [-0.2, -0.15) is 0 Å². The molecule has 4 aromatic rings. The molecule has 1 N–H and O–H groups in total. The zero-order chi connectivity index (χ0) is 47.1. The Hall–Kier alpha value is -6.56. The number of rotatable bonds is 14. The molecule has 4 heterocycles. The first-order valence-electron chi connectivity index (χ1n) is 21.7. The summed E-state index contributed by atoms with van der Waals surface area (Å²) in [4.78, 5) is 118. The van der Waals surface area contributed by atoms with Crippen molar-refractivity contribution in [3.05, 3.63) is 79.9 Å². The molecule has 2 aliphatic heterocycles. The fourth-order valence-corrected chi connectivity index (χ4v) is 8.03. The van der Waals surface area contributed by atoms with Gasteiger partial charge >= 0.3 is 0 Å². The van der Waals surface area contributed by atoms with Gasteiger partial charge in [0.2, 0.25) is 5.91 Å². The second-order valence-corrected chi connectivity index (χ2v) is 16.9. The Morgan fingerprint density at radius 3 is 1.37 bits per heavy atom. The Bertz CT molecular complexity index is 2640. The molecule has 4 aliphatic rings. The first kappa shape index (κ1) is 47.9. The van der Waals surface area contributed by atoms with Crippen molar-refractivity contribution in [2.24, 2.45) is 11.8 Å². The van der Waals surface area contributed by atoms with Gasteiger partial charge in [0.05, 0.1) is 45.4 Å². The molecule has 18 heteroatoms. The van der Waals surface area contributed by atoms with Crippen molar-refractivity contribution in [2.75, 3.05) is 62.2 Å². The van der Waals surface area contributed by atoms with Crippen LogP contribution in [0.1, 0.15) is 92.1 Å². The molecule has 0 atom stereocenters. The monoisotopic (exact) mass is 898 g/mol. The van der Waals surface area contributed by atoms with Crippen LogP contribution in [0.15, 0.2) is 46.2 Å². The predicted molar refractivity (Wildman–Crippen MR) is 238 cm³/mol. The summed E-state index contributed by atoms with van der Waals surface area (Å²) in [7, 11) is 0. The van der Waals surface area contributed by atoms with E-state index >= 15 is 4.39 Å². The average Bonchev–Trinajstić information content (AvgIpc) is 4.24. The van der Waals surface area contributed by atoms with Crippen molar-refractivity contribution in [3.63, 3.8) is 0 Å². The van der Waals surface area contributed by atoms with E-state index < -0.39 is 28.9 Å². The molecule has 2 aromatic carbocycles. The third-order valence-corrected chi connectivity index (χ3v) is 11.9. The summed E-state index contributed by atoms with van der Waals surface area (Å²) in [5.74, 6) is -3.68. The number of amides is 1. The highest BCUT2D eigenvalue weighted by Gasteiger charge is 2.30. The quantitative estimate of drug-likeness (QED) is 0.109. The maximum Gasteiger partial charge on any atom is 0.223 e. The van der Waals surface area contributed by atoms with Gasteiger partial charge < -0.3 is 48.3 Å². The van der Waals surface area contributed by atoms with E-state index in [1.807, 2.05) is 18.9 Å². The van der Waals surface area contributed by atoms with Gasteiger partial charge in [0.15, 0.2) is 22.4 Å². The smallest absolute Gasteiger partial charge is 0.223 e. The number of hydrogen-bond acceptors (Lipinski definition) is 13. The summed E-state index contributed by atoms with van der Waals surface area (Å²) < 4.78 is 33.6. The highest BCUT2D eigenvalue weighted by molar-refractivity contribution is 5.99. The van der Waals surface area contributed by atoms with Gasteiger partial charge in [-0.25, -0.2) is 8.78 Å². The molecular weight excluding hydrogens is 847 g/mol. The van der Waals surface area contributed by atoms with Crippen LogP contribution in [0.4, 0.5) is 20.2 Å². The molecule has 0 radical (unpaired) electrons. The molecule has 16 nitrogen and oxygen atoms in total. The van der Waals surface area contributed by atoms with Crippen molar-refractivity contribution in [1.82, 2.24) is 19.4 Å². The van der Waals surface area contributed by atoms with E-state index in [1.165, 1.54) is 32.9 Å². The number of pyridine rings is 2. The van der Waals surface area contributed by atoms with E-state index in [1.54, 1.807) is 29.4 Å². The molecule has 1 amide bonds. The number of hydrogen-bond donors (Lipinski definition) is 1. The van der Waals surface area contributed by atoms with Crippen LogP contribution in [-0.2, 0) is 28.8 Å². The van der Waals surface area contributed by atoms with Crippen molar-refractivity contribution >= 4 is 81.6 Å². The lowest BCUT2D eigenvalue weighted by molar-refractivity contribution is -0.135. The van der Waals surface area contributed by atoms with Crippen molar-refractivity contribution in [3.8, 4) is 0 Å². The van der Waals surface area contributed by atoms with Gasteiger partial charge in [-0.05, 0) is 70.7 Å². The number of aldehydes is 4. The molecule has 4 fully saturated rings. The van der Waals surface area contributed by atoms with Crippen LogP contribution < -0.4 is 26.0 Å². The molecule has 2 aliphatic carbocycles. The third kappa shape index (κ3) is 11.2. The Morgan fingerprint density at radius 1 is 0.615 bits per heavy atom. The fraction of sp³-hybridized carbons (Fsp3) is 0.447. The SMILES string of the molecule is CC(=O)CC(C=O)C=O.CC(=O)c1cn(C2CC2)c2cc(N3CCN(C(=O)CC(C=O)C=O)CC3)c(F)cc2c1=O.CC(=O)c1cn(C2CC2)c2cc(N3CCNCC3)c(F)cc2c1=O. The van der Waals surface area contributed by atoms with Gasteiger partial charge in [0.25, 0.3) is 0 Å². The van der Waals surface area contributed by atoms with Crippen LogP contribution in [-0.4, -0.2) is 115 Å². The molecule has 0 unspecified atom stereocenters. The number of piperazine rings is 2. The van der Waals surface area contributed by atoms with Crippen LogP contribution in [0.25, 0.3) is 21.8 Å². The number of benzene rings is 2. The number of ketones is 3. The number of carbonyl (C=O) groups is 8.